The molecule has 0 aromatic heterocycles. The van der Waals surface area contributed by atoms with Crippen LogP contribution in [0.4, 0.5) is 0 Å². The van der Waals surface area contributed by atoms with E-state index in [2.05, 4.69) is 26.1 Å². The second-order valence-electron chi connectivity index (χ2n) is 6.25. The molecule has 0 bridgehead atoms. The molecule has 1 heteroatoms. The van der Waals surface area contributed by atoms with Crippen LogP contribution in [0.25, 0.3) is 0 Å². The molecule has 0 aliphatic heterocycles. The van der Waals surface area contributed by atoms with Crippen LogP contribution in [-0.2, 0) is 0 Å². The minimum atomic E-state index is 0.812. The SMILES string of the molecule is CCC1CCCCC1NC1CCC(C)C1C. The van der Waals surface area contributed by atoms with Crippen molar-refractivity contribution in [2.45, 2.75) is 77.8 Å². The zero-order valence-electron chi connectivity index (χ0n) is 11.3. The van der Waals surface area contributed by atoms with E-state index >= 15 is 0 Å². The van der Waals surface area contributed by atoms with Gasteiger partial charge in [-0.1, -0.05) is 40.0 Å². The van der Waals surface area contributed by atoms with E-state index in [9.17, 15) is 0 Å². The molecule has 2 aliphatic rings. The lowest BCUT2D eigenvalue weighted by Gasteiger charge is -2.35. The van der Waals surface area contributed by atoms with Gasteiger partial charge in [-0.15, -0.1) is 0 Å². The molecule has 16 heavy (non-hydrogen) atoms. The summed E-state index contributed by atoms with van der Waals surface area (Å²) in [6.45, 7) is 7.23. The summed E-state index contributed by atoms with van der Waals surface area (Å²) in [5, 5.41) is 4.00. The van der Waals surface area contributed by atoms with Crippen molar-refractivity contribution in [1.82, 2.24) is 5.32 Å². The third-order valence-electron chi connectivity index (χ3n) is 5.33. The predicted molar refractivity (Wildman–Crippen MR) is 70.5 cm³/mol. The lowest BCUT2D eigenvalue weighted by Crippen LogP contribution is -2.45. The first kappa shape index (κ1) is 12.4. The molecule has 1 N–H and O–H groups in total. The topological polar surface area (TPSA) is 12.0 Å². The molecule has 0 aromatic rings. The fourth-order valence-electron chi connectivity index (χ4n) is 3.79. The Balaban J connectivity index is 1.87. The van der Waals surface area contributed by atoms with Crippen LogP contribution in [0, 0.1) is 17.8 Å². The van der Waals surface area contributed by atoms with Gasteiger partial charge in [-0.2, -0.15) is 0 Å². The van der Waals surface area contributed by atoms with Crippen LogP contribution in [0.5, 0.6) is 0 Å². The van der Waals surface area contributed by atoms with Gasteiger partial charge in [0, 0.05) is 12.1 Å². The smallest absolute Gasteiger partial charge is 0.00980 e. The average molecular weight is 223 g/mol. The third kappa shape index (κ3) is 2.61. The molecule has 0 amide bonds. The van der Waals surface area contributed by atoms with Crippen molar-refractivity contribution in [2.75, 3.05) is 0 Å². The van der Waals surface area contributed by atoms with Gasteiger partial charge in [0.15, 0.2) is 0 Å². The first-order chi connectivity index (χ1) is 7.72. The van der Waals surface area contributed by atoms with Crippen LogP contribution >= 0.6 is 0 Å². The highest BCUT2D eigenvalue weighted by atomic mass is 15.0. The molecule has 2 saturated carbocycles. The first-order valence-electron chi connectivity index (χ1n) is 7.48. The van der Waals surface area contributed by atoms with Crippen molar-refractivity contribution >= 4 is 0 Å². The Labute approximate surface area is 101 Å². The Bertz CT molecular complexity index is 213. The van der Waals surface area contributed by atoms with Gasteiger partial charge in [0.05, 0.1) is 0 Å². The highest BCUT2D eigenvalue weighted by molar-refractivity contribution is 4.90. The maximum absolute atomic E-state index is 4.00. The summed E-state index contributed by atoms with van der Waals surface area (Å²) >= 11 is 0. The standard InChI is InChI=1S/C15H29N/c1-4-13-7-5-6-8-15(13)16-14-10-9-11(2)12(14)3/h11-16H,4-10H2,1-3H3. The quantitative estimate of drug-likeness (QED) is 0.763. The van der Waals surface area contributed by atoms with Crippen LogP contribution in [0.3, 0.4) is 0 Å². The molecule has 0 saturated heterocycles. The predicted octanol–water partition coefficient (Wildman–Crippen LogP) is 3.98. The number of hydrogen-bond donors (Lipinski definition) is 1. The van der Waals surface area contributed by atoms with Gasteiger partial charge in [0.2, 0.25) is 0 Å². The molecule has 5 unspecified atom stereocenters. The molecular formula is C15H29N. The van der Waals surface area contributed by atoms with Crippen molar-refractivity contribution in [3.63, 3.8) is 0 Å². The largest absolute Gasteiger partial charge is 0.311 e. The fourth-order valence-corrected chi connectivity index (χ4v) is 3.79. The number of nitrogens with one attached hydrogen (secondary N) is 1. The van der Waals surface area contributed by atoms with Crippen molar-refractivity contribution < 1.29 is 0 Å². The minimum absolute atomic E-state index is 0.812. The molecule has 2 aliphatic carbocycles. The Morgan fingerprint density at radius 1 is 0.938 bits per heavy atom. The normalized spacial score (nSPS) is 44.8. The monoisotopic (exact) mass is 223 g/mol. The summed E-state index contributed by atoms with van der Waals surface area (Å²) in [5.74, 6) is 2.78. The Morgan fingerprint density at radius 3 is 2.31 bits per heavy atom. The summed E-state index contributed by atoms with van der Waals surface area (Å²) in [5.41, 5.74) is 0. The molecule has 2 fully saturated rings. The summed E-state index contributed by atoms with van der Waals surface area (Å²) in [6, 6.07) is 1.64. The van der Waals surface area contributed by atoms with E-state index in [1.165, 1.54) is 44.9 Å². The lowest BCUT2D eigenvalue weighted by molar-refractivity contribution is 0.218. The van der Waals surface area contributed by atoms with Crippen LogP contribution in [0.1, 0.15) is 65.7 Å². The Hall–Kier alpha value is -0.0400. The molecule has 1 nitrogen and oxygen atoms in total. The van der Waals surface area contributed by atoms with Crippen molar-refractivity contribution in [3.8, 4) is 0 Å². The molecule has 0 radical (unpaired) electrons. The highest BCUT2D eigenvalue weighted by Gasteiger charge is 2.33. The molecule has 94 valence electrons. The summed E-state index contributed by atoms with van der Waals surface area (Å²) < 4.78 is 0. The van der Waals surface area contributed by atoms with Gasteiger partial charge in [-0.3, -0.25) is 0 Å². The van der Waals surface area contributed by atoms with Crippen molar-refractivity contribution in [2.24, 2.45) is 17.8 Å². The van der Waals surface area contributed by atoms with Gasteiger partial charge in [-0.25, -0.2) is 0 Å². The third-order valence-corrected chi connectivity index (χ3v) is 5.33. The fraction of sp³-hybridized carbons (Fsp3) is 1.00. The van der Waals surface area contributed by atoms with Crippen LogP contribution in [-0.4, -0.2) is 12.1 Å². The van der Waals surface area contributed by atoms with Crippen molar-refractivity contribution in [1.29, 1.82) is 0 Å². The zero-order chi connectivity index (χ0) is 11.5. The highest BCUT2D eigenvalue weighted by Crippen LogP contribution is 2.34. The maximum atomic E-state index is 4.00. The summed E-state index contributed by atoms with van der Waals surface area (Å²) in [7, 11) is 0. The summed E-state index contributed by atoms with van der Waals surface area (Å²) in [4.78, 5) is 0. The number of rotatable bonds is 3. The zero-order valence-corrected chi connectivity index (χ0v) is 11.3. The van der Waals surface area contributed by atoms with Crippen LogP contribution < -0.4 is 5.32 Å². The van der Waals surface area contributed by atoms with Gasteiger partial charge in [0.1, 0.15) is 0 Å². The summed E-state index contributed by atoms with van der Waals surface area (Å²) in [6.07, 6.45) is 10.0. The van der Waals surface area contributed by atoms with E-state index in [1.807, 2.05) is 0 Å². The lowest BCUT2D eigenvalue weighted by atomic mass is 9.82. The number of hydrogen-bond acceptors (Lipinski definition) is 1. The first-order valence-corrected chi connectivity index (χ1v) is 7.48. The van der Waals surface area contributed by atoms with E-state index in [1.54, 1.807) is 0 Å². The molecule has 0 aromatic carbocycles. The molecule has 5 atom stereocenters. The molecule has 0 spiro atoms. The van der Waals surface area contributed by atoms with Gasteiger partial charge >= 0.3 is 0 Å². The van der Waals surface area contributed by atoms with E-state index in [-0.39, 0.29) is 0 Å². The van der Waals surface area contributed by atoms with Gasteiger partial charge in [-0.05, 0) is 43.4 Å². The van der Waals surface area contributed by atoms with Crippen molar-refractivity contribution in [3.05, 3.63) is 0 Å². The minimum Gasteiger partial charge on any atom is -0.311 e. The second kappa shape index (κ2) is 5.53. The second-order valence-corrected chi connectivity index (χ2v) is 6.25. The van der Waals surface area contributed by atoms with E-state index in [0.717, 1.165) is 29.8 Å². The Morgan fingerprint density at radius 2 is 1.69 bits per heavy atom. The van der Waals surface area contributed by atoms with Gasteiger partial charge < -0.3 is 5.32 Å². The molecule has 2 rings (SSSR count). The van der Waals surface area contributed by atoms with Crippen LogP contribution in [0.15, 0.2) is 0 Å². The van der Waals surface area contributed by atoms with Gasteiger partial charge in [0.25, 0.3) is 0 Å². The Kier molecular flexibility index (Phi) is 4.29. The molecular weight excluding hydrogens is 194 g/mol. The average Bonchev–Trinajstić information content (AvgIpc) is 2.62. The van der Waals surface area contributed by atoms with E-state index in [4.69, 9.17) is 0 Å². The van der Waals surface area contributed by atoms with Crippen LogP contribution in [0.2, 0.25) is 0 Å². The van der Waals surface area contributed by atoms with E-state index < -0.39 is 0 Å². The maximum Gasteiger partial charge on any atom is 0.00980 e. The van der Waals surface area contributed by atoms with E-state index in [0.29, 0.717) is 0 Å². The molecule has 0 heterocycles.